The molecule has 0 aliphatic heterocycles. The minimum absolute atomic E-state index is 0.212. The van der Waals surface area contributed by atoms with Gasteiger partial charge >= 0.3 is 0 Å². The molecule has 0 saturated heterocycles. The molecule has 2 saturated carbocycles. The standard InChI is InChI=1S/C19H23ClN4O3/c20-14-9-22-24(11-14)10-12-6-16(17(25)7-12)23-19(26)13-4-5-21-18(8-13)27-15-2-1-3-15/h4-5,8-9,11-12,15-17,25H,1-3,6-7,10H2,(H,23,26)/t12?,16-,17-/m1/s1. The molecule has 3 atom stereocenters. The average Bonchev–Trinajstić information content (AvgIpc) is 3.17. The molecule has 8 heteroatoms. The highest BCUT2D eigenvalue weighted by Gasteiger charge is 2.34. The van der Waals surface area contributed by atoms with Crippen molar-refractivity contribution in [1.29, 1.82) is 0 Å². The van der Waals surface area contributed by atoms with E-state index in [1.54, 1.807) is 35.4 Å². The predicted molar refractivity (Wildman–Crippen MR) is 99.7 cm³/mol. The van der Waals surface area contributed by atoms with Crippen molar-refractivity contribution in [2.75, 3.05) is 0 Å². The van der Waals surface area contributed by atoms with Gasteiger partial charge in [-0.3, -0.25) is 9.48 Å². The first-order valence-corrected chi connectivity index (χ1v) is 9.74. The smallest absolute Gasteiger partial charge is 0.251 e. The van der Waals surface area contributed by atoms with E-state index < -0.39 is 6.10 Å². The maximum Gasteiger partial charge on any atom is 0.251 e. The zero-order valence-corrected chi connectivity index (χ0v) is 15.7. The summed E-state index contributed by atoms with van der Waals surface area (Å²) in [5.74, 6) is 0.492. The number of rotatable bonds is 6. The zero-order chi connectivity index (χ0) is 18.8. The molecule has 144 valence electrons. The fraction of sp³-hybridized carbons (Fsp3) is 0.526. The van der Waals surface area contributed by atoms with Crippen LogP contribution in [0.15, 0.2) is 30.7 Å². The molecule has 0 aromatic carbocycles. The third kappa shape index (κ3) is 4.42. The number of carbonyl (C=O) groups excluding carboxylic acids is 1. The van der Waals surface area contributed by atoms with Gasteiger partial charge in [0.05, 0.1) is 23.4 Å². The van der Waals surface area contributed by atoms with E-state index in [4.69, 9.17) is 16.3 Å². The predicted octanol–water partition coefficient (Wildman–Crippen LogP) is 2.43. The number of nitrogens with one attached hydrogen (secondary N) is 1. The molecule has 7 nitrogen and oxygen atoms in total. The molecule has 4 rings (SSSR count). The third-order valence-electron chi connectivity index (χ3n) is 5.33. The Labute approximate surface area is 162 Å². The number of hydrogen-bond donors (Lipinski definition) is 2. The second kappa shape index (κ2) is 7.86. The zero-order valence-electron chi connectivity index (χ0n) is 14.9. The van der Waals surface area contributed by atoms with Crippen molar-refractivity contribution in [2.24, 2.45) is 5.92 Å². The summed E-state index contributed by atoms with van der Waals surface area (Å²) in [6.07, 6.45) is 9.15. The fourth-order valence-corrected chi connectivity index (χ4v) is 3.81. The molecule has 0 radical (unpaired) electrons. The van der Waals surface area contributed by atoms with Gasteiger partial charge in [0.15, 0.2) is 0 Å². The maximum absolute atomic E-state index is 12.6. The van der Waals surface area contributed by atoms with Crippen LogP contribution >= 0.6 is 11.6 Å². The van der Waals surface area contributed by atoms with E-state index in [-0.39, 0.29) is 24.0 Å². The molecule has 2 heterocycles. The molecule has 2 fully saturated rings. The van der Waals surface area contributed by atoms with Crippen molar-refractivity contribution in [1.82, 2.24) is 20.1 Å². The number of pyridine rings is 1. The topological polar surface area (TPSA) is 89.3 Å². The SMILES string of the molecule is O=C(N[C@@H]1CC(Cn2cc(Cl)cn2)C[C@H]1O)c1ccnc(OC2CCC2)c1. The lowest BCUT2D eigenvalue weighted by Crippen LogP contribution is -2.40. The van der Waals surface area contributed by atoms with Crippen LogP contribution in [0.5, 0.6) is 5.88 Å². The van der Waals surface area contributed by atoms with Crippen molar-refractivity contribution in [3.8, 4) is 5.88 Å². The number of aliphatic hydroxyl groups is 1. The van der Waals surface area contributed by atoms with Gasteiger partial charge in [-0.2, -0.15) is 5.10 Å². The highest BCUT2D eigenvalue weighted by atomic mass is 35.5. The highest BCUT2D eigenvalue weighted by molar-refractivity contribution is 6.30. The van der Waals surface area contributed by atoms with Gasteiger partial charge in [0.2, 0.25) is 5.88 Å². The van der Waals surface area contributed by atoms with Crippen LogP contribution < -0.4 is 10.1 Å². The fourth-order valence-electron chi connectivity index (χ4n) is 3.65. The molecule has 2 aromatic heterocycles. The van der Waals surface area contributed by atoms with Crippen LogP contribution in [-0.4, -0.2) is 44.0 Å². The summed E-state index contributed by atoms with van der Waals surface area (Å²) in [5.41, 5.74) is 0.494. The van der Waals surface area contributed by atoms with Gasteiger partial charge in [-0.05, 0) is 44.1 Å². The lowest BCUT2D eigenvalue weighted by Gasteiger charge is -2.25. The Morgan fingerprint density at radius 3 is 2.96 bits per heavy atom. The number of nitrogens with zero attached hydrogens (tertiary/aromatic N) is 3. The van der Waals surface area contributed by atoms with Crippen LogP contribution in [0.2, 0.25) is 5.02 Å². The van der Waals surface area contributed by atoms with Gasteiger partial charge in [-0.25, -0.2) is 4.98 Å². The minimum Gasteiger partial charge on any atom is -0.474 e. The molecule has 2 aliphatic carbocycles. The molecular formula is C19H23ClN4O3. The van der Waals surface area contributed by atoms with E-state index in [0.29, 0.717) is 35.9 Å². The number of amides is 1. The van der Waals surface area contributed by atoms with Crippen LogP contribution in [0.1, 0.15) is 42.5 Å². The number of aliphatic hydroxyl groups excluding tert-OH is 1. The third-order valence-corrected chi connectivity index (χ3v) is 5.52. The Balaban J connectivity index is 1.34. The summed E-state index contributed by atoms with van der Waals surface area (Å²) in [5, 5.41) is 18.1. The second-order valence-electron chi connectivity index (χ2n) is 7.42. The van der Waals surface area contributed by atoms with Crippen molar-refractivity contribution in [3.05, 3.63) is 41.3 Å². The van der Waals surface area contributed by atoms with Crippen LogP contribution in [0, 0.1) is 5.92 Å². The van der Waals surface area contributed by atoms with Crippen LogP contribution in [-0.2, 0) is 6.54 Å². The first-order chi connectivity index (χ1) is 13.1. The molecule has 1 amide bonds. The van der Waals surface area contributed by atoms with Crippen molar-refractivity contribution in [2.45, 2.75) is 56.9 Å². The molecule has 0 spiro atoms. The number of halogens is 1. The summed E-state index contributed by atoms with van der Waals surface area (Å²) in [6.45, 7) is 0.671. The number of carbonyl (C=O) groups is 1. The summed E-state index contributed by atoms with van der Waals surface area (Å²) < 4.78 is 7.53. The number of ether oxygens (including phenoxy) is 1. The summed E-state index contributed by atoms with van der Waals surface area (Å²) >= 11 is 5.89. The van der Waals surface area contributed by atoms with E-state index in [9.17, 15) is 9.90 Å². The van der Waals surface area contributed by atoms with Crippen molar-refractivity contribution >= 4 is 17.5 Å². The highest BCUT2D eigenvalue weighted by Crippen LogP contribution is 2.28. The Morgan fingerprint density at radius 2 is 2.26 bits per heavy atom. The van der Waals surface area contributed by atoms with E-state index in [0.717, 1.165) is 12.8 Å². The van der Waals surface area contributed by atoms with E-state index in [1.807, 2.05) is 0 Å². The normalized spacial score (nSPS) is 25.2. The Morgan fingerprint density at radius 1 is 1.41 bits per heavy atom. The van der Waals surface area contributed by atoms with Crippen LogP contribution in [0.4, 0.5) is 0 Å². The number of aromatic nitrogens is 3. The van der Waals surface area contributed by atoms with Gasteiger partial charge < -0.3 is 15.2 Å². The Hall–Kier alpha value is -2.12. The summed E-state index contributed by atoms with van der Waals surface area (Å²) in [7, 11) is 0. The van der Waals surface area contributed by atoms with Crippen LogP contribution in [0.3, 0.4) is 0 Å². The molecule has 2 aromatic rings. The van der Waals surface area contributed by atoms with Crippen LogP contribution in [0.25, 0.3) is 0 Å². The largest absolute Gasteiger partial charge is 0.474 e. The molecule has 2 aliphatic rings. The maximum atomic E-state index is 12.6. The Kier molecular flexibility index (Phi) is 5.31. The van der Waals surface area contributed by atoms with Crippen molar-refractivity contribution < 1.29 is 14.6 Å². The molecule has 0 bridgehead atoms. The monoisotopic (exact) mass is 390 g/mol. The molecule has 2 N–H and O–H groups in total. The van der Waals surface area contributed by atoms with E-state index >= 15 is 0 Å². The summed E-state index contributed by atoms with van der Waals surface area (Å²) in [6, 6.07) is 3.05. The average molecular weight is 391 g/mol. The Bertz CT molecular complexity index is 808. The lowest BCUT2D eigenvalue weighted by molar-refractivity contribution is 0.0869. The first kappa shape index (κ1) is 18.3. The number of hydrogen-bond acceptors (Lipinski definition) is 5. The van der Waals surface area contributed by atoms with E-state index in [1.165, 1.54) is 6.42 Å². The van der Waals surface area contributed by atoms with Gasteiger partial charge in [0.1, 0.15) is 6.10 Å². The van der Waals surface area contributed by atoms with Crippen molar-refractivity contribution in [3.63, 3.8) is 0 Å². The molecular weight excluding hydrogens is 368 g/mol. The van der Waals surface area contributed by atoms with E-state index in [2.05, 4.69) is 15.4 Å². The first-order valence-electron chi connectivity index (χ1n) is 9.36. The van der Waals surface area contributed by atoms with Gasteiger partial charge in [0, 0.05) is 30.6 Å². The molecule has 27 heavy (non-hydrogen) atoms. The minimum atomic E-state index is -0.572. The van der Waals surface area contributed by atoms with Gasteiger partial charge in [-0.1, -0.05) is 11.6 Å². The second-order valence-corrected chi connectivity index (χ2v) is 7.86. The molecule has 1 unspecified atom stereocenters. The lowest BCUT2D eigenvalue weighted by atomic mass is 9.96. The van der Waals surface area contributed by atoms with Gasteiger partial charge in [-0.15, -0.1) is 0 Å². The summed E-state index contributed by atoms with van der Waals surface area (Å²) in [4.78, 5) is 16.8. The quantitative estimate of drug-likeness (QED) is 0.790. The van der Waals surface area contributed by atoms with Gasteiger partial charge in [0.25, 0.3) is 5.91 Å².